The smallest absolute Gasteiger partial charge is 0.123 e. The Morgan fingerprint density at radius 2 is 2.25 bits per heavy atom. The van der Waals surface area contributed by atoms with Crippen LogP contribution < -0.4 is 0 Å². The third-order valence-corrected chi connectivity index (χ3v) is 5.69. The predicted molar refractivity (Wildman–Crippen MR) is 104 cm³/mol. The Kier molecular flexibility index (Phi) is 9.14. The van der Waals surface area contributed by atoms with Crippen LogP contribution in [0.4, 0.5) is 4.39 Å². The summed E-state index contributed by atoms with van der Waals surface area (Å²) in [5, 5.41) is 0. The fraction of sp³-hybridized carbons (Fsp3) is 0.700. The first kappa shape index (κ1) is 19.7. The molecule has 0 amide bonds. The van der Waals surface area contributed by atoms with E-state index < -0.39 is 0 Å². The fourth-order valence-corrected chi connectivity index (χ4v) is 4.08. The number of nitrogens with zero attached hydrogens (tertiary/aromatic N) is 2. The average Bonchev–Trinajstić information content (AvgIpc) is 2.60. The van der Waals surface area contributed by atoms with E-state index in [0.717, 1.165) is 31.0 Å². The van der Waals surface area contributed by atoms with Gasteiger partial charge in [-0.05, 0) is 80.9 Å². The number of halogens is 1. The zero-order valence-electron chi connectivity index (χ0n) is 15.3. The van der Waals surface area contributed by atoms with Crippen molar-refractivity contribution in [2.45, 2.75) is 32.6 Å². The Bertz CT molecular complexity index is 469. The van der Waals surface area contributed by atoms with E-state index in [9.17, 15) is 4.39 Å². The van der Waals surface area contributed by atoms with Crippen molar-refractivity contribution >= 4 is 11.8 Å². The Morgan fingerprint density at radius 1 is 1.38 bits per heavy atom. The van der Waals surface area contributed by atoms with Crippen molar-refractivity contribution < 1.29 is 4.39 Å². The molecule has 0 bridgehead atoms. The summed E-state index contributed by atoms with van der Waals surface area (Å²) in [6, 6.07) is 7.05. The van der Waals surface area contributed by atoms with Crippen LogP contribution in [0.1, 0.15) is 31.7 Å². The second-order valence-electron chi connectivity index (χ2n) is 6.93. The molecule has 0 aliphatic carbocycles. The Labute approximate surface area is 151 Å². The predicted octanol–water partition coefficient (Wildman–Crippen LogP) is 4.16. The van der Waals surface area contributed by atoms with E-state index in [1.165, 1.54) is 57.3 Å². The molecule has 0 saturated carbocycles. The fourth-order valence-electron chi connectivity index (χ4n) is 3.66. The third kappa shape index (κ3) is 7.12. The van der Waals surface area contributed by atoms with Crippen LogP contribution in [-0.4, -0.2) is 61.1 Å². The first-order valence-electron chi connectivity index (χ1n) is 9.39. The summed E-state index contributed by atoms with van der Waals surface area (Å²) in [5.74, 6) is 1.94. The van der Waals surface area contributed by atoms with Crippen LogP contribution in [0.25, 0.3) is 0 Å². The highest BCUT2D eigenvalue weighted by molar-refractivity contribution is 7.98. The van der Waals surface area contributed by atoms with E-state index in [0.29, 0.717) is 0 Å². The van der Waals surface area contributed by atoms with Crippen LogP contribution in [0.2, 0.25) is 0 Å². The van der Waals surface area contributed by atoms with Gasteiger partial charge in [-0.3, -0.25) is 0 Å². The van der Waals surface area contributed by atoms with Gasteiger partial charge < -0.3 is 9.80 Å². The summed E-state index contributed by atoms with van der Waals surface area (Å²) >= 11 is 1.94. The molecule has 1 atom stereocenters. The van der Waals surface area contributed by atoms with E-state index in [-0.39, 0.29) is 5.82 Å². The largest absolute Gasteiger partial charge is 0.303 e. The van der Waals surface area contributed by atoms with Gasteiger partial charge in [0.2, 0.25) is 0 Å². The summed E-state index contributed by atoms with van der Waals surface area (Å²) < 4.78 is 13.3. The minimum Gasteiger partial charge on any atom is -0.303 e. The van der Waals surface area contributed by atoms with Crippen LogP contribution in [0.15, 0.2) is 24.3 Å². The molecule has 0 unspecified atom stereocenters. The number of likely N-dealkylation sites (tertiary alicyclic amines) is 1. The van der Waals surface area contributed by atoms with Crippen LogP contribution in [0, 0.1) is 11.7 Å². The summed E-state index contributed by atoms with van der Waals surface area (Å²) in [7, 11) is 0. The van der Waals surface area contributed by atoms with E-state index in [1.807, 2.05) is 23.9 Å². The van der Waals surface area contributed by atoms with Gasteiger partial charge in [0.05, 0.1) is 0 Å². The van der Waals surface area contributed by atoms with Gasteiger partial charge in [0.25, 0.3) is 0 Å². The van der Waals surface area contributed by atoms with Gasteiger partial charge in [-0.2, -0.15) is 11.8 Å². The molecule has 0 aromatic heterocycles. The molecular formula is C20H33FN2S. The molecule has 4 heteroatoms. The zero-order chi connectivity index (χ0) is 17.2. The molecule has 1 aliphatic heterocycles. The maximum atomic E-state index is 13.3. The highest BCUT2D eigenvalue weighted by Gasteiger charge is 2.21. The van der Waals surface area contributed by atoms with Gasteiger partial charge in [0, 0.05) is 19.6 Å². The molecule has 0 N–H and O–H groups in total. The molecular weight excluding hydrogens is 319 g/mol. The number of piperidine rings is 1. The topological polar surface area (TPSA) is 6.48 Å². The minimum absolute atomic E-state index is 0.118. The molecule has 24 heavy (non-hydrogen) atoms. The number of thioether (sulfide) groups is 1. The van der Waals surface area contributed by atoms with Crippen molar-refractivity contribution in [2.75, 3.05) is 51.3 Å². The molecule has 0 spiro atoms. The standard InChI is InChI=1S/C20H33FN2S/c1-3-22(12-6-14-24-2)16-19-8-5-11-23(17-19)13-10-18-7-4-9-20(21)15-18/h4,7,9,15,19H,3,5-6,8,10-14,16-17H2,1-2H3/t19-/m0/s1. The first-order valence-corrected chi connectivity index (χ1v) is 10.8. The highest BCUT2D eigenvalue weighted by Crippen LogP contribution is 2.18. The first-order chi connectivity index (χ1) is 11.7. The summed E-state index contributed by atoms with van der Waals surface area (Å²) in [6.07, 6.45) is 7.10. The molecule has 1 fully saturated rings. The van der Waals surface area contributed by atoms with Crippen molar-refractivity contribution in [1.29, 1.82) is 0 Å². The second kappa shape index (κ2) is 11.1. The van der Waals surface area contributed by atoms with Crippen molar-refractivity contribution in [3.05, 3.63) is 35.6 Å². The lowest BCUT2D eigenvalue weighted by Gasteiger charge is -2.35. The Morgan fingerprint density at radius 3 is 3.00 bits per heavy atom. The van der Waals surface area contributed by atoms with Crippen molar-refractivity contribution in [2.24, 2.45) is 5.92 Å². The van der Waals surface area contributed by atoms with E-state index >= 15 is 0 Å². The minimum atomic E-state index is -0.118. The maximum Gasteiger partial charge on any atom is 0.123 e. The molecule has 0 radical (unpaired) electrons. The van der Waals surface area contributed by atoms with Gasteiger partial charge in [-0.25, -0.2) is 4.39 Å². The van der Waals surface area contributed by atoms with Gasteiger partial charge >= 0.3 is 0 Å². The monoisotopic (exact) mass is 352 g/mol. The zero-order valence-corrected chi connectivity index (χ0v) is 16.2. The molecule has 136 valence electrons. The SMILES string of the molecule is CCN(CCCSC)C[C@@H]1CCCN(CCc2cccc(F)c2)C1. The Hall–Kier alpha value is -0.580. The number of rotatable bonds is 10. The van der Waals surface area contributed by atoms with Gasteiger partial charge in [0.1, 0.15) is 5.82 Å². The van der Waals surface area contributed by atoms with E-state index in [2.05, 4.69) is 23.0 Å². The van der Waals surface area contributed by atoms with Crippen LogP contribution in [0.5, 0.6) is 0 Å². The third-order valence-electron chi connectivity index (χ3n) is 5.00. The second-order valence-corrected chi connectivity index (χ2v) is 7.91. The molecule has 1 heterocycles. The normalized spacial score (nSPS) is 19.1. The van der Waals surface area contributed by atoms with Crippen molar-refractivity contribution in [1.82, 2.24) is 9.80 Å². The maximum absolute atomic E-state index is 13.3. The summed E-state index contributed by atoms with van der Waals surface area (Å²) in [5.41, 5.74) is 1.12. The van der Waals surface area contributed by atoms with E-state index in [4.69, 9.17) is 0 Å². The highest BCUT2D eigenvalue weighted by atomic mass is 32.2. The van der Waals surface area contributed by atoms with Gasteiger partial charge in [-0.15, -0.1) is 0 Å². The number of benzene rings is 1. The molecule has 1 aliphatic rings. The molecule has 2 nitrogen and oxygen atoms in total. The molecule has 1 saturated heterocycles. The lowest BCUT2D eigenvalue weighted by atomic mass is 9.97. The molecule has 1 aromatic rings. The van der Waals surface area contributed by atoms with Crippen LogP contribution in [0.3, 0.4) is 0 Å². The van der Waals surface area contributed by atoms with E-state index in [1.54, 1.807) is 6.07 Å². The average molecular weight is 353 g/mol. The van der Waals surface area contributed by atoms with Crippen molar-refractivity contribution in [3.63, 3.8) is 0 Å². The molecule has 2 rings (SSSR count). The van der Waals surface area contributed by atoms with Gasteiger partial charge in [0.15, 0.2) is 0 Å². The van der Waals surface area contributed by atoms with Crippen LogP contribution in [-0.2, 0) is 6.42 Å². The summed E-state index contributed by atoms with van der Waals surface area (Å²) in [4.78, 5) is 5.20. The van der Waals surface area contributed by atoms with Crippen molar-refractivity contribution in [3.8, 4) is 0 Å². The Balaban J connectivity index is 1.74. The van der Waals surface area contributed by atoms with Crippen LogP contribution >= 0.6 is 11.8 Å². The summed E-state index contributed by atoms with van der Waals surface area (Å²) in [6.45, 7) is 9.37. The number of hydrogen-bond acceptors (Lipinski definition) is 3. The lowest BCUT2D eigenvalue weighted by molar-refractivity contribution is 0.136. The quantitative estimate of drug-likeness (QED) is 0.584. The number of hydrogen-bond donors (Lipinski definition) is 0. The molecule has 1 aromatic carbocycles. The lowest BCUT2D eigenvalue weighted by Crippen LogP contribution is -2.42. The van der Waals surface area contributed by atoms with Gasteiger partial charge in [-0.1, -0.05) is 19.1 Å².